The summed E-state index contributed by atoms with van der Waals surface area (Å²) in [5.41, 5.74) is 2.78. The first-order chi connectivity index (χ1) is 7.27. The second kappa shape index (κ2) is 3.05. The van der Waals surface area contributed by atoms with Crippen molar-refractivity contribution in [1.82, 2.24) is 0 Å². The van der Waals surface area contributed by atoms with Crippen LogP contribution in [0.1, 0.15) is 19.8 Å². The lowest BCUT2D eigenvalue weighted by Gasteiger charge is -2.39. The van der Waals surface area contributed by atoms with Crippen LogP contribution < -0.4 is 10.2 Å². The van der Waals surface area contributed by atoms with E-state index in [0.717, 1.165) is 23.8 Å². The average molecular weight is 223 g/mol. The zero-order chi connectivity index (χ0) is 10.5. The van der Waals surface area contributed by atoms with Gasteiger partial charge in [-0.1, -0.05) is 17.7 Å². The number of fused-ring (bicyclic) bond motifs is 1. The summed E-state index contributed by atoms with van der Waals surface area (Å²) in [6.07, 6.45) is 2.61. The van der Waals surface area contributed by atoms with Gasteiger partial charge in [0.1, 0.15) is 0 Å². The molecule has 3 rings (SSSR count). The molecule has 2 aliphatic rings. The summed E-state index contributed by atoms with van der Waals surface area (Å²) in [5.74, 6) is 0. The largest absolute Gasteiger partial charge is 0.380 e. The molecule has 0 saturated heterocycles. The Morgan fingerprint density at radius 2 is 2.27 bits per heavy atom. The fourth-order valence-electron chi connectivity index (χ4n) is 2.61. The second-order valence-electron chi connectivity index (χ2n) is 4.46. The molecule has 0 aromatic heterocycles. The van der Waals surface area contributed by atoms with E-state index in [2.05, 4.69) is 23.2 Å². The molecule has 1 aliphatic carbocycles. The third-order valence-corrected chi connectivity index (χ3v) is 3.91. The number of benzene rings is 1. The van der Waals surface area contributed by atoms with Gasteiger partial charge >= 0.3 is 0 Å². The van der Waals surface area contributed by atoms with Gasteiger partial charge in [0.2, 0.25) is 0 Å². The number of anilines is 2. The predicted octanol–water partition coefficient (Wildman–Crippen LogP) is 3.12. The van der Waals surface area contributed by atoms with Crippen LogP contribution in [-0.4, -0.2) is 18.6 Å². The van der Waals surface area contributed by atoms with Gasteiger partial charge in [0, 0.05) is 13.1 Å². The molecule has 1 aliphatic heterocycles. The van der Waals surface area contributed by atoms with Crippen LogP contribution in [0.3, 0.4) is 0 Å². The molecule has 0 atom stereocenters. The number of hydrogen-bond acceptors (Lipinski definition) is 2. The molecule has 1 spiro atoms. The normalized spacial score (nSPS) is 21.1. The summed E-state index contributed by atoms with van der Waals surface area (Å²) >= 11 is 6.19. The van der Waals surface area contributed by atoms with Crippen molar-refractivity contribution in [2.75, 3.05) is 23.3 Å². The highest BCUT2D eigenvalue weighted by molar-refractivity contribution is 6.34. The van der Waals surface area contributed by atoms with E-state index in [1.165, 1.54) is 18.5 Å². The summed E-state index contributed by atoms with van der Waals surface area (Å²) < 4.78 is 0. The van der Waals surface area contributed by atoms with Crippen LogP contribution in [0.2, 0.25) is 5.02 Å². The van der Waals surface area contributed by atoms with Gasteiger partial charge in [0.25, 0.3) is 0 Å². The summed E-state index contributed by atoms with van der Waals surface area (Å²) in [5, 5.41) is 4.31. The minimum absolute atomic E-state index is 0.395. The molecule has 1 aromatic rings. The highest BCUT2D eigenvalue weighted by Crippen LogP contribution is 2.50. The number of hydrogen-bond donors (Lipinski definition) is 1. The van der Waals surface area contributed by atoms with Crippen LogP contribution in [0.5, 0.6) is 0 Å². The Morgan fingerprint density at radius 1 is 1.47 bits per heavy atom. The van der Waals surface area contributed by atoms with E-state index >= 15 is 0 Å². The summed E-state index contributed by atoms with van der Waals surface area (Å²) in [6.45, 7) is 4.32. The van der Waals surface area contributed by atoms with Gasteiger partial charge in [0.05, 0.1) is 21.9 Å². The Hall–Kier alpha value is -0.890. The summed E-state index contributed by atoms with van der Waals surface area (Å²) in [6, 6.07) is 6.15. The van der Waals surface area contributed by atoms with Gasteiger partial charge in [-0.25, -0.2) is 0 Å². The van der Waals surface area contributed by atoms with Gasteiger partial charge in [-0.15, -0.1) is 0 Å². The molecule has 0 bridgehead atoms. The van der Waals surface area contributed by atoms with Crippen molar-refractivity contribution in [3.05, 3.63) is 23.2 Å². The molecule has 3 heteroatoms. The maximum absolute atomic E-state index is 6.19. The van der Waals surface area contributed by atoms with Crippen molar-refractivity contribution < 1.29 is 0 Å². The topological polar surface area (TPSA) is 15.3 Å². The van der Waals surface area contributed by atoms with Gasteiger partial charge in [-0.3, -0.25) is 0 Å². The van der Waals surface area contributed by atoms with E-state index in [4.69, 9.17) is 11.6 Å². The van der Waals surface area contributed by atoms with Crippen molar-refractivity contribution in [3.8, 4) is 0 Å². The maximum Gasteiger partial charge on any atom is 0.0768 e. The number of rotatable bonds is 1. The van der Waals surface area contributed by atoms with Crippen molar-refractivity contribution in [1.29, 1.82) is 0 Å². The first-order valence-corrected chi connectivity index (χ1v) is 5.95. The first kappa shape index (κ1) is 9.34. The molecule has 0 unspecified atom stereocenters. The number of nitrogens with one attached hydrogen (secondary N) is 1. The lowest BCUT2D eigenvalue weighted by Crippen LogP contribution is -2.46. The van der Waals surface area contributed by atoms with Crippen molar-refractivity contribution in [2.45, 2.75) is 25.3 Å². The Bertz CT molecular complexity index is 399. The third-order valence-electron chi connectivity index (χ3n) is 3.59. The number of halogens is 1. The molecule has 15 heavy (non-hydrogen) atoms. The molecule has 2 nitrogen and oxygen atoms in total. The zero-order valence-electron chi connectivity index (χ0n) is 8.89. The fourth-order valence-corrected chi connectivity index (χ4v) is 2.85. The van der Waals surface area contributed by atoms with Gasteiger partial charge in [-0.2, -0.15) is 0 Å². The lowest BCUT2D eigenvalue weighted by atomic mass is 10.1. The molecule has 80 valence electrons. The molecular formula is C12H15ClN2. The number of para-hydroxylation sites is 1. The highest BCUT2D eigenvalue weighted by atomic mass is 35.5. The Balaban J connectivity index is 2.10. The van der Waals surface area contributed by atoms with E-state index in [1.807, 2.05) is 12.1 Å². The van der Waals surface area contributed by atoms with Crippen LogP contribution >= 0.6 is 11.6 Å². The van der Waals surface area contributed by atoms with Gasteiger partial charge in [-0.05, 0) is 31.9 Å². The quantitative estimate of drug-likeness (QED) is 0.786. The molecule has 1 aromatic carbocycles. The minimum atomic E-state index is 0.395. The van der Waals surface area contributed by atoms with Crippen LogP contribution in [0.25, 0.3) is 0 Å². The molecule has 1 N–H and O–H groups in total. The van der Waals surface area contributed by atoms with E-state index in [0.29, 0.717) is 5.54 Å². The molecule has 0 amide bonds. The van der Waals surface area contributed by atoms with Crippen LogP contribution in [0.15, 0.2) is 18.2 Å². The molecule has 0 radical (unpaired) electrons. The van der Waals surface area contributed by atoms with E-state index in [-0.39, 0.29) is 0 Å². The minimum Gasteiger partial charge on any atom is -0.380 e. The third kappa shape index (κ3) is 1.24. The van der Waals surface area contributed by atoms with E-state index in [9.17, 15) is 0 Å². The predicted molar refractivity (Wildman–Crippen MR) is 64.9 cm³/mol. The SMILES string of the molecule is CCN1c2cccc(Cl)c2NCC12CC2. The maximum atomic E-state index is 6.19. The van der Waals surface area contributed by atoms with Gasteiger partial charge in [0.15, 0.2) is 0 Å². The average Bonchev–Trinajstić information content (AvgIpc) is 2.99. The van der Waals surface area contributed by atoms with Crippen LogP contribution in [0.4, 0.5) is 11.4 Å². The summed E-state index contributed by atoms with van der Waals surface area (Å²) in [4.78, 5) is 2.50. The second-order valence-corrected chi connectivity index (χ2v) is 4.86. The Kier molecular flexibility index (Phi) is 1.90. The van der Waals surface area contributed by atoms with Crippen molar-refractivity contribution in [3.63, 3.8) is 0 Å². The highest BCUT2D eigenvalue weighted by Gasteiger charge is 2.50. The fraction of sp³-hybridized carbons (Fsp3) is 0.500. The van der Waals surface area contributed by atoms with Crippen molar-refractivity contribution >= 4 is 23.0 Å². The molecule has 1 heterocycles. The first-order valence-electron chi connectivity index (χ1n) is 5.57. The Morgan fingerprint density at radius 3 is 2.93 bits per heavy atom. The van der Waals surface area contributed by atoms with E-state index < -0.39 is 0 Å². The molecule has 1 fully saturated rings. The van der Waals surface area contributed by atoms with Crippen LogP contribution in [-0.2, 0) is 0 Å². The monoisotopic (exact) mass is 222 g/mol. The van der Waals surface area contributed by atoms with Crippen molar-refractivity contribution in [2.24, 2.45) is 0 Å². The number of likely N-dealkylation sites (N-methyl/N-ethyl adjacent to an activating group) is 1. The Labute approximate surface area is 95.2 Å². The standard InChI is InChI=1S/C12H15ClN2/c1-2-15-10-5-3-4-9(13)11(10)14-8-12(15)6-7-12/h3-5,14H,2,6-8H2,1H3. The van der Waals surface area contributed by atoms with Gasteiger partial charge < -0.3 is 10.2 Å². The molecule has 1 saturated carbocycles. The zero-order valence-corrected chi connectivity index (χ0v) is 9.64. The lowest BCUT2D eigenvalue weighted by molar-refractivity contribution is 0.606. The van der Waals surface area contributed by atoms with Crippen LogP contribution in [0, 0.1) is 0 Å². The molecular weight excluding hydrogens is 208 g/mol. The van der Waals surface area contributed by atoms with E-state index in [1.54, 1.807) is 0 Å². The smallest absolute Gasteiger partial charge is 0.0768 e. The number of nitrogens with zero attached hydrogens (tertiary/aromatic N) is 1. The summed E-state index contributed by atoms with van der Waals surface area (Å²) in [7, 11) is 0.